The number of alkyl halides is 2. The summed E-state index contributed by atoms with van der Waals surface area (Å²) in [4.78, 5) is 10.5. The molecule has 0 saturated carbocycles. The maximum atomic E-state index is 12.1. The van der Waals surface area contributed by atoms with Crippen LogP contribution in [0, 0.1) is 10.1 Å². The van der Waals surface area contributed by atoms with Crippen LogP contribution in [-0.4, -0.2) is 26.2 Å². The molecule has 11 heteroatoms. The molecular formula is C14H14F2N2O5S2. The van der Waals surface area contributed by atoms with Crippen LogP contribution in [0.4, 0.5) is 19.5 Å². The normalized spacial score (nSPS) is 12.8. The number of benzene rings is 1. The van der Waals surface area contributed by atoms with E-state index in [2.05, 4.69) is 10.1 Å². The third kappa shape index (κ3) is 4.86. The van der Waals surface area contributed by atoms with Crippen molar-refractivity contribution in [2.75, 3.05) is 11.6 Å². The van der Waals surface area contributed by atoms with Gasteiger partial charge in [0.25, 0.3) is 0 Å². The van der Waals surface area contributed by atoms with Crippen molar-refractivity contribution in [3.63, 3.8) is 0 Å². The van der Waals surface area contributed by atoms with Crippen molar-refractivity contribution in [3.8, 4) is 5.75 Å². The monoisotopic (exact) mass is 392 g/mol. The number of halogens is 2. The number of thiophene rings is 1. The first-order valence-corrected chi connectivity index (χ1v) is 9.58. The zero-order valence-corrected chi connectivity index (χ0v) is 14.7. The molecule has 1 N–H and O–H groups in total. The van der Waals surface area contributed by atoms with E-state index in [1.54, 1.807) is 6.92 Å². The summed E-state index contributed by atoms with van der Waals surface area (Å²) in [6.45, 7) is -1.23. The smallest absolute Gasteiger partial charge is 0.387 e. The number of rotatable bonds is 7. The molecule has 25 heavy (non-hydrogen) atoms. The molecule has 136 valence electrons. The molecular weight excluding hydrogens is 378 g/mol. The van der Waals surface area contributed by atoms with Gasteiger partial charge in [-0.25, -0.2) is 8.42 Å². The summed E-state index contributed by atoms with van der Waals surface area (Å²) in [6.07, 6.45) is 0.970. The molecule has 2 aromatic rings. The average Bonchev–Trinajstić information content (AvgIpc) is 2.91. The van der Waals surface area contributed by atoms with Gasteiger partial charge in [0.2, 0.25) is 0 Å². The van der Waals surface area contributed by atoms with E-state index in [4.69, 9.17) is 0 Å². The van der Waals surface area contributed by atoms with E-state index >= 15 is 0 Å². The van der Waals surface area contributed by atoms with E-state index in [1.807, 2.05) is 0 Å². The van der Waals surface area contributed by atoms with E-state index < -0.39 is 27.4 Å². The molecule has 1 atom stereocenters. The third-order valence-electron chi connectivity index (χ3n) is 3.20. The third-order valence-corrected chi connectivity index (χ3v) is 6.06. The Morgan fingerprint density at radius 2 is 1.88 bits per heavy atom. The van der Waals surface area contributed by atoms with Crippen LogP contribution in [0.2, 0.25) is 0 Å². The first kappa shape index (κ1) is 19.1. The lowest BCUT2D eigenvalue weighted by atomic mass is 10.1. The van der Waals surface area contributed by atoms with Crippen LogP contribution in [0.1, 0.15) is 18.5 Å². The van der Waals surface area contributed by atoms with Gasteiger partial charge in [-0.15, -0.1) is 0 Å². The lowest BCUT2D eigenvalue weighted by Crippen LogP contribution is -2.07. The minimum atomic E-state index is -3.57. The second-order valence-corrected chi connectivity index (χ2v) is 8.42. The Labute approximate surface area is 146 Å². The van der Waals surface area contributed by atoms with Crippen LogP contribution < -0.4 is 10.1 Å². The zero-order chi connectivity index (χ0) is 18.8. The van der Waals surface area contributed by atoms with Gasteiger partial charge in [0.15, 0.2) is 14.8 Å². The number of hydrogen-bond donors (Lipinski definition) is 1. The summed E-state index contributed by atoms with van der Waals surface area (Å²) >= 11 is 0.765. The average molecular weight is 392 g/mol. The van der Waals surface area contributed by atoms with E-state index in [9.17, 15) is 27.3 Å². The van der Waals surface area contributed by atoms with Crippen molar-refractivity contribution >= 4 is 31.9 Å². The van der Waals surface area contributed by atoms with Crippen LogP contribution in [0.15, 0.2) is 34.5 Å². The van der Waals surface area contributed by atoms with Gasteiger partial charge in [-0.05, 0) is 24.6 Å². The molecule has 1 heterocycles. The van der Waals surface area contributed by atoms with E-state index in [0.29, 0.717) is 5.56 Å². The maximum Gasteiger partial charge on any atom is 0.387 e. The Bertz CT molecular complexity index is 866. The lowest BCUT2D eigenvalue weighted by molar-refractivity contribution is -0.383. The highest BCUT2D eigenvalue weighted by molar-refractivity contribution is 7.92. The van der Waals surface area contributed by atoms with Crippen molar-refractivity contribution in [3.05, 3.63) is 46.0 Å². The van der Waals surface area contributed by atoms with Gasteiger partial charge in [-0.2, -0.15) is 8.78 Å². The fourth-order valence-corrected chi connectivity index (χ4v) is 4.03. The Morgan fingerprint density at radius 1 is 1.28 bits per heavy atom. The van der Waals surface area contributed by atoms with Gasteiger partial charge < -0.3 is 10.1 Å². The zero-order valence-electron chi connectivity index (χ0n) is 13.1. The molecule has 0 saturated heterocycles. The molecule has 0 radical (unpaired) electrons. The fourth-order valence-electron chi connectivity index (χ4n) is 2.00. The molecule has 2 rings (SSSR count). The van der Waals surface area contributed by atoms with Gasteiger partial charge in [-0.1, -0.05) is 23.5 Å². The number of nitrogens with zero attached hydrogens (tertiary/aromatic N) is 1. The second-order valence-electron chi connectivity index (χ2n) is 5.12. The topological polar surface area (TPSA) is 98.5 Å². The van der Waals surface area contributed by atoms with E-state index in [0.717, 1.165) is 23.7 Å². The summed E-state index contributed by atoms with van der Waals surface area (Å²) in [7, 11) is -3.57. The summed E-state index contributed by atoms with van der Waals surface area (Å²) < 4.78 is 51.6. The molecule has 1 unspecified atom stereocenters. The predicted molar refractivity (Wildman–Crippen MR) is 89.2 cm³/mol. The van der Waals surface area contributed by atoms with Gasteiger partial charge in [0, 0.05) is 18.4 Å². The number of anilines is 1. The maximum absolute atomic E-state index is 12.1. The number of sulfone groups is 1. The lowest BCUT2D eigenvalue weighted by Gasteiger charge is -2.14. The molecule has 0 fully saturated rings. The predicted octanol–water partition coefficient (Wildman–Crippen LogP) is 3.83. The minimum absolute atomic E-state index is 0.00702. The highest BCUT2D eigenvalue weighted by Gasteiger charge is 2.24. The quantitative estimate of drug-likeness (QED) is 0.568. The standard InChI is InChI=1S/C14H14F2N2O5S2/c1-8(9-3-5-10(6-4-9)23-14(15)16)17-13-11(18(19)20)7-12(24-13)25(2,21)22/h3-8,14,17H,1-2H3. The Hall–Kier alpha value is -2.27. The minimum Gasteiger partial charge on any atom is -0.435 e. The SMILES string of the molecule is CC(Nc1sc(S(C)(=O)=O)cc1[N+](=O)[O-])c1ccc(OC(F)F)cc1. The van der Waals surface area contributed by atoms with Crippen molar-refractivity contribution < 1.29 is 26.9 Å². The molecule has 1 aromatic heterocycles. The van der Waals surface area contributed by atoms with Gasteiger partial charge in [-0.3, -0.25) is 10.1 Å². The highest BCUT2D eigenvalue weighted by atomic mass is 32.2. The fraction of sp³-hybridized carbons (Fsp3) is 0.286. The van der Waals surface area contributed by atoms with E-state index in [1.165, 1.54) is 24.3 Å². The first-order valence-electron chi connectivity index (χ1n) is 6.87. The molecule has 0 amide bonds. The number of ether oxygens (including phenoxy) is 1. The van der Waals surface area contributed by atoms with Gasteiger partial charge >= 0.3 is 12.3 Å². The van der Waals surface area contributed by atoms with Crippen LogP contribution in [0.5, 0.6) is 5.75 Å². The van der Waals surface area contributed by atoms with Crippen LogP contribution in [0.25, 0.3) is 0 Å². The molecule has 0 spiro atoms. The number of nitrogens with one attached hydrogen (secondary N) is 1. The van der Waals surface area contributed by atoms with Crippen LogP contribution >= 0.6 is 11.3 Å². The summed E-state index contributed by atoms with van der Waals surface area (Å²) in [5.74, 6) is -0.00702. The molecule has 0 aliphatic carbocycles. The summed E-state index contributed by atoms with van der Waals surface area (Å²) in [5.41, 5.74) is 0.320. The van der Waals surface area contributed by atoms with Crippen molar-refractivity contribution in [2.24, 2.45) is 0 Å². The Kier molecular flexibility index (Phi) is 5.58. The van der Waals surface area contributed by atoms with Gasteiger partial charge in [0.05, 0.1) is 4.92 Å². The molecule has 0 aliphatic rings. The van der Waals surface area contributed by atoms with Gasteiger partial charge in [0.1, 0.15) is 9.96 Å². The van der Waals surface area contributed by atoms with Crippen molar-refractivity contribution in [2.45, 2.75) is 23.8 Å². The van der Waals surface area contributed by atoms with E-state index in [-0.39, 0.29) is 20.6 Å². The Morgan fingerprint density at radius 3 is 2.36 bits per heavy atom. The Balaban J connectivity index is 2.23. The highest BCUT2D eigenvalue weighted by Crippen LogP contribution is 2.39. The van der Waals surface area contributed by atoms with Crippen LogP contribution in [-0.2, 0) is 9.84 Å². The van der Waals surface area contributed by atoms with Crippen LogP contribution in [0.3, 0.4) is 0 Å². The number of nitro groups is 1. The number of hydrogen-bond acceptors (Lipinski definition) is 7. The molecule has 0 bridgehead atoms. The molecule has 0 aliphatic heterocycles. The largest absolute Gasteiger partial charge is 0.435 e. The first-order chi connectivity index (χ1) is 11.6. The van der Waals surface area contributed by atoms with Crippen molar-refractivity contribution in [1.29, 1.82) is 0 Å². The van der Waals surface area contributed by atoms with Crippen molar-refractivity contribution in [1.82, 2.24) is 0 Å². The molecule has 7 nitrogen and oxygen atoms in total. The summed E-state index contributed by atoms with van der Waals surface area (Å²) in [6, 6.07) is 6.35. The second kappa shape index (κ2) is 7.31. The molecule has 1 aromatic carbocycles. The summed E-state index contributed by atoms with van der Waals surface area (Å²) in [5, 5.41) is 14.1.